The van der Waals surface area contributed by atoms with Gasteiger partial charge in [-0.05, 0) is 37.6 Å². The van der Waals surface area contributed by atoms with E-state index in [1.54, 1.807) is 21.3 Å². The second-order valence-electron chi connectivity index (χ2n) is 7.44. The Morgan fingerprint density at radius 1 is 1.12 bits per heavy atom. The van der Waals surface area contributed by atoms with Gasteiger partial charge in [-0.3, -0.25) is 4.79 Å². The summed E-state index contributed by atoms with van der Waals surface area (Å²) in [6.45, 7) is 3.80. The summed E-state index contributed by atoms with van der Waals surface area (Å²) in [5.74, 6) is 2.05. The van der Waals surface area contributed by atoms with Crippen LogP contribution in [0.2, 0.25) is 0 Å². The minimum absolute atomic E-state index is 0.286. The number of aryl methyl sites for hydroxylation is 1. The highest BCUT2D eigenvalue weighted by molar-refractivity contribution is 8.00. The van der Waals surface area contributed by atoms with Crippen molar-refractivity contribution >= 4 is 40.0 Å². The van der Waals surface area contributed by atoms with Gasteiger partial charge in [-0.2, -0.15) is 0 Å². The maximum absolute atomic E-state index is 13.3. The normalized spacial score (nSPS) is 11.9. The molecule has 4 aromatic rings. The van der Waals surface area contributed by atoms with Crippen molar-refractivity contribution in [3.05, 3.63) is 58.3 Å². The lowest BCUT2D eigenvalue weighted by Gasteiger charge is -2.18. The third-order valence-electron chi connectivity index (χ3n) is 5.29. The number of methoxy groups -OCH3 is 3. The van der Waals surface area contributed by atoms with E-state index in [9.17, 15) is 4.79 Å². The number of rotatable bonds is 9. The number of thioether (sulfide) groups is 1. The summed E-state index contributed by atoms with van der Waals surface area (Å²) in [6, 6.07) is 10.9. The number of aromatic nitrogens is 2. The molecule has 8 nitrogen and oxygen atoms in total. The molecular weight excluding hydrogens is 474 g/mol. The first-order valence-electron chi connectivity index (χ1n) is 10.5. The number of para-hydroxylation sites is 1. The number of amides is 1. The van der Waals surface area contributed by atoms with E-state index in [0.717, 1.165) is 25.9 Å². The van der Waals surface area contributed by atoms with Crippen molar-refractivity contribution < 1.29 is 23.4 Å². The number of carbonyl (C=O) groups is 1. The quantitative estimate of drug-likeness (QED) is 0.306. The van der Waals surface area contributed by atoms with Gasteiger partial charge >= 0.3 is 0 Å². The van der Waals surface area contributed by atoms with Crippen molar-refractivity contribution in [3.8, 4) is 17.2 Å². The smallest absolute Gasteiger partial charge is 0.287 e. The molecule has 1 unspecified atom stereocenters. The molecule has 1 atom stereocenters. The lowest BCUT2D eigenvalue weighted by Crippen LogP contribution is -2.27. The van der Waals surface area contributed by atoms with Crippen LogP contribution in [0.25, 0.3) is 11.0 Å². The van der Waals surface area contributed by atoms with E-state index in [0.29, 0.717) is 28.6 Å². The number of hydrogen-bond acceptors (Lipinski definition) is 9. The molecule has 0 radical (unpaired) electrons. The molecule has 0 saturated carbocycles. The maximum atomic E-state index is 13.3. The van der Waals surface area contributed by atoms with Gasteiger partial charge in [-0.15, -0.1) is 10.2 Å². The van der Waals surface area contributed by atoms with Crippen LogP contribution >= 0.6 is 23.1 Å². The highest BCUT2D eigenvalue weighted by atomic mass is 32.2. The molecule has 0 aliphatic carbocycles. The number of nitrogens with one attached hydrogen (secondary N) is 1. The van der Waals surface area contributed by atoms with Crippen molar-refractivity contribution in [1.29, 1.82) is 0 Å². The molecule has 1 N–H and O–H groups in total. The molecule has 2 aromatic carbocycles. The predicted octanol–water partition coefficient (Wildman–Crippen LogP) is 5.40. The van der Waals surface area contributed by atoms with Gasteiger partial charge in [0.05, 0.1) is 27.4 Å². The summed E-state index contributed by atoms with van der Waals surface area (Å²) in [6.07, 6.45) is 0. The zero-order valence-electron chi connectivity index (χ0n) is 19.5. The molecule has 1 amide bonds. The van der Waals surface area contributed by atoms with Crippen molar-refractivity contribution in [2.45, 2.75) is 30.0 Å². The van der Waals surface area contributed by atoms with E-state index in [1.165, 1.54) is 23.1 Å². The van der Waals surface area contributed by atoms with Crippen LogP contribution in [-0.4, -0.2) is 37.4 Å². The van der Waals surface area contributed by atoms with Crippen LogP contribution in [-0.2, 0) is 5.75 Å². The van der Waals surface area contributed by atoms with Crippen LogP contribution in [0.4, 0.5) is 0 Å². The summed E-state index contributed by atoms with van der Waals surface area (Å²) >= 11 is 3.06. The second kappa shape index (κ2) is 10.4. The van der Waals surface area contributed by atoms with Crippen LogP contribution in [0.1, 0.15) is 39.7 Å². The topological polar surface area (TPSA) is 95.7 Å². The number of ether oxygens (including phenoxy) is 3. The molecule has 0 fully saturated rings. The molecule has 178 valence electrons. The molecule has 0 bridgehead atoms. The molecule has 4 rings (SSSR count). The minimum Gasteiger partial charge on any atom is -0.493 e. The fourth-order valence-corrected chi connectivity index (χ4v) is 5.44. The Hall–Kier alpha value is -3.24. The molecule has 34 heavy (non-hydrogen) atoms. The number of benzene rings is 2. The fraction of sp³-hybridized carbons (Fsp3) is 0.292. The minimum atomic E-state index is -0.347. The van der Waals surface area contributed by atoms with Gasteiger partial charge in [0.15, 0.2) is 21.6 Å². The number of fused-ring (bicyclic) bond motifs is 1. The molecular formula is C24H25N3O5S2. The van der Waals surface area contributed by atoms with Crippen LogP contribution in [0.3, 0.4) is 0 Å². The van der Waals surface area contributed by atoms with Crippen molar-refractivity contribution in [2.75, 3.05) is 21.3 Å². The summed E-state index contributed by atoms with van der Waals surface area (Å²) < 4.78 is 23.1. The molecule has 10 heteroatoms. The largest absolute Gasteiger partial charge is 0.493 e. The highest BCUT2D eigenvalue weighted by Gasteiger charge is 2.24. The van der Waals surface area contributed by atoms with Crippen molar-refractivity contribution in [2.24, 2.45) is 0 Å². The standard InChI is InChI=1S/C24H25N3O5S2/c1-13(15-10-19(29-3)22(31-5)20(11-15)30-4)25-23(28)21-17(12-33-24-27-26-14(2)34-24)16-8-6-7-9-18(16)32-21/h6-11,13H,12H2,1-5H3,(H,25,28). The Morgan fingerprint density at radius 2 is 1.82 bits per heavy atom. The van der Waals surface area contributed by atoms with Crippen molar-refractivity contribution in [1.82, 2.24) is 15.5 Å². The Balaban J connectivity index is 1.61. The molecule has 0 saturated heterocycles. The first kappa shape index (κ1) is 23.9. The van der Waals surface area contributed by atoms with Gasteiger partial charge in [-0.25, -0.2) is 0 Å². The zero-order chi connectivity index (χ0) is 24.2. The number of furan rings is 1. The Bertz CT molecular complexity index is 1290. The molecule has 0 aliphatic heterocycles. The number of hydrogen-bond donors (Lipinski definition) is 1. The number of nitrogens with zero attached hydrogens (tertiary/aromatic N) is 2. The van der Waals surface area contributed by atoms with Crippen LogP contribution < -0.4 is 19.5 Å². The molecule has 2 heterocycles. The lowest BCUT2D eigenvalue weighted by molar-refractivity contribution is 0.0913. The van der Waals surface area contributed by atoms with E-state index in [-0.39, 0.29) is 17.7 Å². The van der Waals surface area contributed by atoms with E-state index in [4.69, 9.17) is 18.6 Å². The fourth-order valence-electron chi connectivity index (χ4n) is 3.59. The van der Waals surface area contributed by atoms with Gasteiger partial charge in [0.2, 0.25) is 5.75 Å². The summed E-state index contributed by atoms with van der Waals surface area (Å²) in [4.78, 5) is 13.3. The Morgan fingerprint density at radius 3 is 2.44 bits per heavy atom. The zero-order valence-corrected chi connectivity index (χ0v) is 21.1. The van der Waals surface area contributed by atoms with Crippen LogP contribution in [0.15, 0.2) is 45.2 Å². The average Bonchev–Trinajstić information content (AvgIpc) is 3.44. The third-order valence-corrected chi connectivity index (χ3v) is 7.29. The number of carbonyl (C=O) groups excluding carboxylic acids is 1. The first-order valence-corrected chi connectivity index (χ1v) is 12.3. The van der Waals surface area contributed by atoms with E-state index < -0.39 is 0 Å². The molecule has 0 aliphatic rings. The van der Waals surface area contributed by atoms with Gasteiger partial charge in [0, 0.05) is 16.7 Å². The summed E-state index contributed by atoms with van der Waals surface area (Å²) in [7, 11) is 4.67. The van der Waals surface area contributed by atoms with Crippen LogP contribution in [0.5, 0.6) is 17.2 Å². The summed E-state index contributed by atoms with van der Waals surface area (Å²) in [5, 5.41) is 13.1. The predicted molar refractivity (Wildman–Crippen MR) is 132 cm³/mol. The second-order valence-corrected chi connectivity index (χ2v) is 9.84. The van der Waals surface area contributed by atoms with Crippen molar-refractivity contribution in [3.63, 3.8) is 0 Å². The molecule has 2 aromatic heterocycles. The average molecular weight is 500 g/mol. The van der Waals surface area contributed by atoms with Gasteiger partial charge in [-0.1, -0.05) is 41.3 Å². The lowest BCUT2D eigenvalue weighted by atomic mass is 10.1. The summed E-state index contributed by atoms with van der Waals surface area (Å²) in [5.41, 5.74) is 2.29. The third kappa shape index (κ3) is 4.83. The maximum Gasteiger partial charge on any atom is 0.287 e. The van der Waals surface area contributed by atoms with E-state index >= 15 is 0 Å². The Kier molecular flexibility index (Phi) is 7.28. The first-order chi connectivity index (χ1) is 16.4. The van der Waals surface area contributed by atoms with Gasteiger partial charge < -0.3 is 23.9 Å². The van der Waals surface area contributed by atoms with Gasteiger partial charge in [0.1, 0.15) is 10.6 Å². The monoisotopic (exact) mass is 499 g/mol. The van der Waals surface area contributed by atoms with E-state index in [1.807, 2.05) is 50.2 Å². The molecule has 0 spiro atoms. The van der Waals surface area contributed by atoms with E-state index in [2.05, 4.69) is 15.5 Å². The Labute approximate surface area is 205 Å². The highest BCUT2D eigenvalue weighted by Crippen LogP contribution is 2.40. The SMILES string of the molecule is COc1cc(C(C)NC(=O)c2oc3ccccc3c2CSc2nnc(C)s2)cc(OC)c1OC. The van der Waals surface area contributed by atoms with Gasteiger partial charge in [0.25, 0.3) is 5.91 Å². The van der Waals surface area contributed by atoms with Crippen LogP contribution in [0, 0.1) is 6.92 Å².